The Labute approximate surface area is 112 Å². The van der Waals surface area contributed by atoms with E-state index in [1.807, 2.05) is 56.7 Å². The second-order valence-electron chi connectivity index (χ2n) is 5.57. The average Bonchev–Trinajstić information content (AvgIpc) is 2.68. The third kappa shape index (κ3) is 2.19. The van der Waals surface area contributed by atoms with Gasteiger partial charge in [0.1, 0.15) is 17.4 Å². The molecule has 4 nitrogen and oxygen atoms in total. The lowest BCUT2D eigenvalue weighted by molar-refractivity contribution is 0.280. The van der Waals surface area contributed by atoms with Gasteiger partial charge < -0.3 is 9.67 Å². The molecule has 0 atom stereocenters. The second kappa shape index (κ2) is 4.43. The molecule has 0 aliphatic carbocycles. The number of nitrogens with zero attached hydrogens (tertiary/aromatic N) is 3. The number of aliphatic hydroxyl groups excluding tert-OH is 1. The van der Waals surface area contributed by atoms with Crippen LogP contribution in [-0.4, -0.2) is 14.7 Å². The van der Waals surface area contributed by atoms with Crippen LogP contribution in [0.2, 0.25) is 0 Å². The maximum Gasteiger partial charge on any atom is 0.155 e. The van der Waals surface area contributed by atoms with E-state index in [9.17, 15) is 10.4 Å². The number of allylic oxidation sites excluding steroid dienone is 2. The average molecular weight is 255 g/mol. The van der Waals surface area contributed by atoms with Gasteiger partial charge in [0.25, 0.3) is 0 Å². The lowest BCUT2D eigenvalue weighted by Gasteiger charge is -2.18. The summed E-state index contributed by atoms with van der Waals surface area (Å²) in [5.74, 6) is 0.560. The van der Waals surface area contributed by atoms with Gasteiger partial charge in [0.05, 0.1) is 11.0 Å². The molecule has 0 saturated heterocycles. The summed E-state index contributed by atoms with van der Waals surface area (Å²) < 4.78 is 1.83. The quantitative estimate of drug-likeness (QED) is 0.627. The van der Waals surface area contributed by atoms with E-state index in [1.165, 1.54) is 0 Å². The van der Waals surface area contributed by atoms with Crippen LogP contribution in [0.15, 0.2) is 30.0 Å². The molecule has 0 radical (unpaired) electrons. The molecule has 0 fully saturated rings. The molecule has 2 aromatic rings. The molecule has 19 heavy (non-hydrogen) atoms. The molecule has 0 amide bonds. The van der Waals surface area contributed by atoms with Crippen molar-refractivity contribution in [2.24, 2.45) is 12.5 Å². The summed E-state index contributed by atoms with van der Waals surface area (Å²) in [6, 6.07) is 9.73. The first kappa shape index (κ1) is 13.2. The molecule has 0 aliphatic heterocycles. The summed E-state index contributed by atoms with van der Waals surface area (Å²) in [5.41, 5.74) is 1.50. The zero-order valence-corrected chi connectivity index (χ0v) is 11.6. The van der Waals surface area contributed by atoms with Crippen LogP contribution in [0, 0.1) is 16.7 Å². The predicted molar refractivity (Wildman–Crippen MR) is 75.3 cm³/mol. The van der Waals surface area contributed by atoms with Crippen LogP contribution in [0.25, 0.3) is 16.6 Å². The van der Waals surface area contributed by atoms with E-state index in [4.69, 9.17) is 0 Å². The molecule has 0 unspecified atom stereocenters. The maximum atomic E-state index is 10.3. The molecule has 0 bridgehead atoms. The van der Waals surface area contributed by atoms with Gasteiger partial charge in [-0.05, 0) is 12.1 Å². The molecule has 1 aromatic heterocycles. The fraction of sp³-hybridized carbons (Fsp3) is 0.333. The van der Waals surface area contributed by atoms with Gasteiger partial charge in [0.2, 0.25) is 0 Å². The Hall–Kier alpha value is -2.28. The van der Waals surface area contributed by atoms with Crippen LogP contribution in [0.3, 0.4) is 0 Å². The predicted octanol–water partition coefficient (Wildman–Crippen LogP) is 3.41. The number of benzene rings is 1. The molecular weight excluding hydrogens is 238 g/mol. The van der Waals surface area contributed by atoms with E-state index in [2.05, 4.69) is 11.1 Å². The first-order valence-corrected chi connectivity index (χ1v) is 6.12. The van der Waals surface area contributed by atoms with Crippen molar-refractivity contribution >= 4 is 16.6 Å². The number of aliphatic hydroxyl groups is 1. The van der Waals surface area contributed by atoms with E-state index in [0.29, 0.717) is 5.82 Å². The summed E-state index contributed by atoms with van der Waals surface area (Å²) in [6.45, 7) is 5.59. The number of fused-ring (bicyclic) bond motifs is 1. The van der Waals surface area contributed by atoms with Gasteiger partial charge in [-0.1, -0.05) is 32.9 Å². The van der Waals surface area contributed by atoms with Gasteiger partial charge in [-0.25, -0.2) is 4.98 Å². The number of aromatic nitrogens is 2. The molecular formula is C15H17N3O. The minimum Gasteiger partial charge on any atom is -0.510 e. The Morgan fingerprint density at radius 1 is 1.32 bits per heavy atom. The minimum absolute atomic E-state index is 0.0633. The van der Waals surface area contributed by atoms with Gasteiger partial charge in [0.15, 0.2) is 5.82 Å². The highest BCUT2D eigenvalue weighted by atomic mass is 16.3. The molecule has 1 aromatic carbocycles. The summed E-state index contributed by atoms with van der Waals surface area (Å²) in [7, 11) is 1.85. The first-order chi connectivity index (χ1) is 8.86. The van der Waals surface area contributed by atoms with Crippen molar-refractivity contribution < 1.29 is 5.11 Å². The lowest BCUT2D eigenvalue weighted by Crippen LogP contribution is -2.12. The number of imidazole rings is 1. The van der Waals surface area contributed by atoms with E-state index in [1.54, 1.807) is 0 Å². The zero-order chi connectivity index (χ0) is 14.2. The smallest absolute Gasteiger partial charge is 0.155 e. The van der Waals surface area contributed by atoms with Crippen molar-refractivity contribution in [1.82, 2.24) is 9.55 Å². The normalized spacial score (nSPS) is 13.2. The Morgan fingerprint density at radius 2 is 1.95 bits per heavy atom. The number of aryl methyl sites for hydroxylation is 1. The van der Waals surface area contributed by atoms with Crippen molar-refractivity contribution in [2.75, 3.05) is 0 Å². The van der Waals surface area contributed by atoms with Crippen molar-refractivity contribution in [2.45, 2.75) is 20.8 Å². The van der Waals surface area contributed by atoms with E-state index < -0.39 is 5.41 Å². The Morgan fingerprint density at radius 3 is 2.47 bits per heavy atom. The van der Waals surface area contributed by atoms with Crippen LogP contribution in [0.5, 0.6) is 0 Å². The van der Waals surface area contributed by atoms with Gasteiger partial charge >= 0.3 is 0 Å². The van der Waals surface area contributed by atoms with Gasteiger partial charge in [0, 0.05) is 12.5 Å². The van der Waals surface area contributed by atoms with E-state index in [-0.39, 0.29) is 11.3 Å². The van der Waals surface area contributed by atoms with Gasteiger partial charge in [-0.15, -0.1) is 0 Å². The van der Waals surface area contributed by atoms with E-state index >= 15 is 0 Å². The minimum atomic E-state index is -0.483. The molecule has 0 spiro atoms. The molecule has 1 N–H and O–H groups in total. The fourth-order valence-corrected chi connectivity index (χ4v) is 1.95. The number of rotatable bonds is 1. The van der Waals surface area contributed by atoms with Crippen molar-refractivity contribution in [3.63, 3.8) is 0 Å². The highest BCUT2D eigenvalue weighted by Crippen LogP contribution is 2.30. The Kier molecular flexibility index (Phi) is 3.07. The topological polar surface area (TPSA) is 61.8 Å². The third-order valence-corrected chi connectivity index (χ3v) is 3.07. The molecule has 98 valence electrons. The van der Waals surface area contributed by atoms with Crippen LogP contribution in [0.1, 0.15) is 26.6 Å². The summed E-state index contributed by atoms with van der Waals surface area (Å²) in [6.07, 6.45) is 0. The fourth-order valence-electron chi connectivity index (χ4n) is 1.95. The van der Waals surface area contributed by atoms with Gasteiger partial charge in [-0.2, -0.15) is 5.26 Å². The van der Waals surface area contributed by atoms with Crippen molar-refractivity contribution in [3.8, 4) is 6.07 Å². The molecule has 2 rings (SSSR count). The highest BCUT2D eigenvalue weighted by molar-refractivity contribution is 5.83. The largest absolute Gasteiger partial charge is 0.510 e. The SMILES string of the molecule is Cn1c(/C(C#N)=C(\O)C(C)(C)C)nc2ccccc21. The number of para-hydroxylation sites is 2. The first-order valence-electron chi connectivity index (χ1n) is 6.12. The molecule has 4 heteroatoms. The highest BCUT2D eigenvalue weighted by Gasteiger charge is 2.24. The number of nitriles is 1. The summed E-state index contributed by atoms with van der Waals surface area (Å²) in [4.78, 5) is 4.44. The summed E-state index contributed by atoms with van der Waals surface area (Å²) >= 11 is 0. The van der Waals surface area contributed by atoms with Crippen LogP contribution < -0.4 is 0 Å². The van der Waals surface area contributed by atoms with Crippen LogP contribution in [-0.2, 0) is 7.05 Å². The summed E-state index contributed by atoms with van der Waals surface area (Å²) in [5, 5.41) is 19.6. The number of hydrogen-bond donors (Lipinski definition) is 1. The van der Waals surface area contributed by atoms with Crippen molar-refractivity contribution in [1.29, 1.82) is 5.26 Å². The molecule has 0 saturated carbocycles. The molecule has 0 aliphatic rings. The maximum absolute atomic E-state index is 10.3. The zero-order valence-electron chi connectivity index (χ0n) is 11.6. The Bertz CT molecular complexity index is 696. The second-order valence-corrected chi connectivity index (χ2v) is 5.57. The monoisotopic (exact) mass is 255 g/mol. The third-order valence-electron chi connectivity index (χ3n) is 3.07. The van der Waals surface area contributed by atoms with Crippen LogP contribution >= 0.6 is 0 Å². The molecule has 1 heterocycles. The van der Waals surface area contributed by atoms with Crippen molar-refractivity contribution in [3.05, 3.63) is 35.8 Å². The standard InChI is InChI=1S/C15H17N3O/c1-15(2,3)13(19)10(9-16)14-17-11-7-5-6-8-12(11)18(14)4/h5-8,19H,1-4H3/b13-10-. The lowest BCUT2D eigenvalue weighted by atomic mass is 9.91. The number of hydrogen-bond acceptors (Lipinski definition) is 3. The van der Waals surface area contributed by atoms with E-state index in [0.717, 1.165) is 11.0 Å². The Balaban J connectivity index is 2.74. The van der Waals surface area contributed by atoms with Gasteiger partial charge in [-0.3, -0.25) is 0 Å². The van der Waals surface area contributed by atoms with Crippen LogP contribution in [0.4, 0.5) is 0 Å².